The maximum absolute atomic E-state index is 12.9. The number of esters is 1. The summed E-state index contributed by atoms with van der Waals surface area (Å²) >= 11 is 0. The lowest BCUT2D eigenvalue weighted by molar-refractivity contribution is -0.142. The molecule has 0 radical (unpaired) electrons. The second-order valence-corrected chi connectivity index (χ2v) is 2.79. The van der Waals surface area contributed by atoms with E-state index in [1.165, 1.54) is 12.1 Å². The average Bonchev–Trinajstić information content (AvgIpc) is 2.13. The summed E-state index contributed by atoms with van der Waals surface area (Å²) < 4.78 is 17.7. The lowest BCUT2D eigenvalue weighted by Crippen LogP contribution is -2.09. The van der Waals surface area contributed by atoms with Crippen LogP contribution >= 0.6 is 0 Å². The van der Waals surface area contributed by atoms with E-state index in [-0.39, 0.29) is 12.1 Å². The normalized spacial score (nSPS) is 9.86. The zero-order valence-corrected chi connectivity index (χ0v) is 7.92. The molecule has 4 heteroatoms. The molecule has 0 saturated heterocycles. The number of halogens is 1. The largest absolute Gasteiger partial charge is 0.466 e. The standard InChI is InChI=1S/C10H12FNO2/c1-2-14-9(13)6-7-4-3-5-8(11)10(7)12/h3-5H,2,6,12H2,1H3. The lowest BCUT2D eigenvalue weighted by Gasteiger charge is -2.05. The summed E-state index contributed by atoms with van der Waals surface area (Å²) in [6.45, 7) is 2.03. The summed E-state index contributed by atoms with van der Waals surface area (Å²) in [5.41, 5.74) is 5.92. The molecule has 1 rings (SSSR count). The maximum Gasteiger partial charge on any atom is 0.310 e. The van der Waals surface area contributed by atoms with Crippen LogP contribution in [0.4, 0.5) is 10.1 Å². The molecule has 1 aromatic rings. The van der Waals surface area contributed by atoms with Crippen LogP contribution < -0.4 is 5.73 Å². The van der Waals surface area contributed by atoms with Crippen molar-refractivity contribution in [3.05, 3.63) is 29.6 Å². The summed E-state index contributed by atoms with van der Waals surface area (Å²) in [5, 5.41) is 0. The minimum atomic E-state index is -0.508. The Kier molecular flexibility index (Phi) is 3.45. The molecule has 0 saturated carbocycles. The molecule has 0 bridgehead atoms. The Morgan fingerprint density at radius 3 is 2.93 bits per heavy atom. The Morgan fingerprint density at radius 2 is 2.29 bits per heavy atom. The number of benzene rings is 1. The minimum Gasteiger partial charge on any atom is -0.466 e. The van der Waals surface area contributed by atoms with Crippen molar-refractivity contribution >= 4 is 11.7 Å². The van der Waals surface area contributed by atoms with E-state index >= 15 is 0 Å². The summed E-state index contributed by atoms with van der Waals surface area (Å²) in [6, 6.07) is 4.37. The number of hydrogen-bond donors (Lipinski definition) is 1. The van der Waals surface area contributed by atoms with Crippen LogP contribution in [-0.2, 0) is 16.0 Å². The van der Waals surface area contributed by atoms with Gasteiger partial charge >= 0.3 is 5.97 Å². The van der Waals surface area contributed by atoms with E-state index in [1.54, 1.807) is 13.0 Å². The monoisotopic (exact) mass is 197 g/mol. The topological polar surface area (TPSA) is 52.3 Å². The number of ether oxygens (including phenoxy) is 1. The van der Waals surface area contributed by atoms with Crippen LogP contribution in [0.3, 0.4) is 0 Å². The first-order chi connectivity index (χ1) is 6.65. The fourth-order valence-electron chi connectivity index (χ4n) is 1.10. The number of carbonyl (C=O) groups excluding carboxylic acids is 1. The fraction of sp³-hybridized carbons (Fsp3) is 0.300. The predicted molar refractivity (Wildman–Crippen MR) is 51.1 cm³/mol. The van der Waals surface area contributed by atoms with Crippen molar-refractivity contribution in [3.63, 3.8) is 0 Å². The molecule has 0 atom stereocenters. The van der Waals surface area contributed by atoms with E-state index in [0.29, 0.717) is 12.2 Å². The van der Waals surface area contributed by atoms with E-state index in [0.717, 1.165) is 0 Å². The number of hydrogen-bond acceptors (Lipinski definition) is 3. The van der Waals surface area contributed by atoms with Crippen LogP contribution in [0.15, 0.2) is 18.2 Å². The highest BCUT2D eigenvalue weighted by atomic mass is 19.1. The van der Waals surface area contributed by atoms with Gasteiger partial charge in [-0.3, -0.25) is 4.79 Å². The van der Waals surface area contributed by atoms with Gasteiger partial charge in [0, 0.05) is 0 Å². The number of para-hydroxylation sites is 1. The highest BCUT2D eigenvalue weighted by Crippen LogP contribution is 2.16. The van der Waals surface area contributed by atoms with Gasteiger partial charge in [0.25, 0.3) is 0 Å². The SMILES string of the molecule is CCOC(=O)Cc1cccc(F)c1N. The molecule has 14 heavy (non-hydrogen) atoms. The summed E-state index contributed by atoms with van der Waals surface area (Å²) in [5.74, 6) is -0.906. The Morgan fingerprint density at radius 1 is 1.57 bits per heavy atom. The average molecular weight is 197 g/mol. The molecule has 0 unspecified atom stereocenters. The van der Waals surface area contributed by atoms with Gasteiger partial charge in [0.1, 0.15) is 5.82 Å². The Hall–Kier alpha value is -1.58. The maximum atomic E-state index is 12.9. The molecule has 0 spiro atoms. The van der Waals surface area contributed by atoms with Crippen molar-refractivity contribution in [3.8, 4) is 0 Å². The van der Waals surface area contributed by atoms with Crippen molar-refractivity contribution in [1.82, 2.24) is 0 Å². The first-order valence-corrected chi connectivity index (χ1v) is 4.33. The van der Waals surface area contributed by atoms with Crippen molar-refractivity contribution in [2.24, 2.45) is 0 Å². The molecular weight excluding hydrogens is 185 g/mol. The molecule has 2 N–H and O–H groups in total. The molecule has 76 valence electrons. The van der Waals surface area contributed by atoms with Gasteiger partial charge in [-0.1, -0.05) is 12.1 Å². The second kappa shape index (κ2) is 4.60. The van der Waals surface area contributed by atoms with E-state index in [2.05, 4.69) is 0 Å². The third-order valence-electron chi connectivity index (χ3n) is 1.78. The minimum absolute atomic E-state index is 0.0113. The van der Waals surface area contributed by atoms with Crippen LogP contribution in [0, 0.1) is 5.82 Å². The van der Waals surface area contributed by atoms with Crippen molar-refractivity contribution in [2.45, 2.75) is 13.3 Å². The molecule has 1 aromatic carbocycles. The Balaban J connectivity index is 2.76. The van der Waals surface area contributed by atoms with Gasteiger partial charge < -0.3 is 10.5 Å². The molecular formula is C10H12FNO2. The second-order valence-electron chi connectivity index (χ2n) is 2.79. The van der Waals surface area contributed by atoms with Gasteiger partial charge in [0.2, 0.25) is 0 Å². The van der Waals surface area contributed by atoms with E-state index in [1.807, 2.05) is 0 Å². The molecule has 3 nitrogen and oxygen atoms in total. The van der Waals surface area contributed by atoms with Gasteiger partial charge in [-0.2, -0.15) is 0 Å². The highest BCUT2D eigenvalue weighted by molar-refractivity contribution is 5.74. The van der Waals surface area contributed by atoms with E-state index < -0.39 is 11.8 Å². The number of carbonyl (C=O) groups is 1. The highest BCUT2D eigenvalue weighted by Gasteiger charge is 2.09. The van der Waals surface area contributed by atoms with Crippen LogP contribution in [0.25, 0.3) is 0 Å². The van der Waals surface area contributed by atoms with E-state index in [9.17, 15) is 9.18 Å². The Labute approximate surface area is 81.7 Å². The first kappa shape index (κ1) is 10.5. The zero-order valence-electron chi connectivity index (χ0n) is 7.92. The van der Waals surface area contributed by atoms with Gasteiger partial charge in [-0.15, -0.1) is 0 Å². The third kappa shape index (κ3) is 2.45. The zero-order chi connectivity index (χ0) is 10.6. The Bertz CT molecular complexity index is 339. The van der Waals surface area contributed by atoms with Crippen molar-refractivity contribution < 1.29 is 13.9 Å². The molecule has 0 aliphatic carbocycles. The van der Waals surface area contributed by atoms with Crippen LogP contribution in [0.2, 0.25) is 0 Å². The third-order valence-corrected chi connectivity index (χ3v) is 1.78. The van der Waals surface area contributed by atoms with Gasteiger partial charge in [-0.05, 0) is 18.6 Å². The summed E-state index contributed by atoms with van der Waals surface area (Å²) in [4.78, 5) is 11.1. The molecule has 0 heterocycles. The van der Waals surface area contributed by atoms with Crippen molar-refractivity contribution in [1.29, 1.82) is 0 Å². The molecule has 0 fully saturated rings. The van der Waals surface area contributed by atoms with Gasteiger partial charge in [0.05, 0.1) is 18.7 Å². The lowest BCUT2D eigenvalue weighted by atomic mass is 10.1. The number of nitrogen functional groups attached to an aromatic ring is 1. The number of rotatable bonds is 3. The molecule has 0 aliphatic heterocycles. The smallest absolute Gasteiger partial charge is 0.310 e. The quantitative estimate of drug-likeness (QED) is 0.590. The summed E-state index contributed by atoms with van der Waals surface area (Å²) in [7, 11) is 0. The molecule has 0 aromatic heterocycles. The molecule has 0 aliphatic rings. The van der Waals surface area contributed by atoms with Crippen LogP contribution in [0.5, 0.6) is 0 Å². The first-order valence-electron chi connectivity index (χ1n) is 4.33. The number of anilines is 1. The van der Waals surface area contributed by atoms with Gasteiger partial charge in [0.15, 0.2) is 0 Å². The fourth-order valence-corrected chi connectivity index (χ4v) is 1.10. The number of nitrogens with two attached hydrogens (primary N) is 1. The summed E-state index contributed by atoms with van der Waals surface area (Å²) in [6.07, 6.45) is 0.0113. The van der Waals surface area contributed by atoms with Gasteiger partial charge in [-0.25, -0.2) is 4.39 Å². The van der Waals surface area contributed by atoms with Crippen LogP contribution in [-0.4, -0.2) is 12.6 Å². The van der Waals surface area contributed by atoms with E-state index in [4.69, 9.17) is 10.5 Å². The van der Waals surface area contributed by atoms with Crippen LogP contribution in [0.1, 0.15) is 12.5 Å². The molecule has 0 amide bonds. The predicted octanol–water partition coefficient (Wildman–Crippen LogP) is 1.51. The van der Waals surface area contributed by atoms with Crippen molar-refractivity contribution in [2.75, 3.05) is 12.3 Å².